The lowest BCUT2D eigenvalue weighted by atomic mass is 10.1. The van der Waals surface area contributed by atoms with Crippen LogP contribution < -0.4 is 20.6 Å². The van der Waals surface area contributed by atoms with Gasteiger partial charge in [0, 0.05) is 5.56 Å². The second-order valence-electron chi connectivity index (χ2n) is 6.60. The lowest BCUT2D eigenvalue weighted by Crippen LogP contribution is -2.19. The predicted molar refractivity (Wildman–Crippen MR) is 118 cm³/mol. The minimum absolute atomic E-state index is 0.00317. The normalized spacial score (nSPS) is 11.0. The Labute approximate surface area is 188 Å². The number of carbonyl (C=O) groups is 1. The molecule has 0 unspecified atom stereocenters. The molecule has 2 aromatic heterocycles. The summed E-state index contributed by atoms with van der Waals surface area (Å²) >= 11 is 0. The summed E-state index contributed by atoms with van der Waals surface area (Å²) in [6.45, 7) is 2.42. The molecule has 1 amide bonds. The molecule has 4 aromatic rings. The van der Waals surface area contributed by atoms with E-state index in [0.29, 0.717) is 23.6 Å². The molecule has 0 aliphatic rings. The van der Waals surface area contributed by atoms with E-state index in [9.17, 15) is 4.79 Å². The van der Waals surface area contributed by atoms with E-state index >= 15 is 0 Å². The van der Waals surface area contributed by atoms with Crippen molar-refractivity contribution in [2.45, 2.75) is 6.92 Å². The molecule has 12 nitrogen and oxygen atoms in total. The first-order chi connectivity index (χ1) is 16.1. The number of nitrogens with zero attached hydrogens (tertiary/aromatic N) is 6. The van der Waals surface area contributed by atoms with Crippen LogP contribution in [0, 0.1) is 0 Å². The Morgan fingerprint density at radius 3 is 2.52 bits per heavy atom. The lowest BCUT2D eigenvalue weighted by Gasteiger charge is -2.07. The van der Waals surface area contributed by atoms with Gasteiger partial charge in [0.2, 0.25) is 11.6 Å². The number of aromatic nitrogens is 5. The molecule has 0 saturated heterocycles. The zero-order chi connectivity index (χ0) is 23.2. The summed E-state index contributed by atoms with van der Waals surface area (Å²) in [5, 5.41) is 19.4. The van der Waals surface area contributed by atoms with Crippen LogP contribution in [-0.4, -0.2) is 51.1 Å². The molecule has 3 N–H and O–H groups in total. The van der Waals surface area contributed by atoms with Crippen molar-refractivity contribution in [1.82, 2.24) is 30.7 Å². The van der Waals surface area contributed by atoms with Crippen molar-refractivity contribution >= 4 is 17.9 Å². The highest BCUT2D eigenvalue weighted by molar-refractivity contribution is 5.98. The third-order valence-corrected chi connectivity index (χ3v) is 4.52. The number of nitrogens with two attached hydrogens (primary N) is 1. The van der Waals surface area contributed by atoms with Crippen molar-refractivity contribution in [2.24, 2.45) is 5.10 Å². The smallest absolute Gasteiger partial charge is 0.294 e. The van der Waals surface area contributed by atoms with E-state index in [1.165, 1.54) is 10.9 Å². The van der Waals surface area contributed by atoms with E-state index in [1.54, 1.807) is 55.6 Å². The molecule has 33 heavy (non-hydrogen) atoms. The quantitative estimate of drug-likeness (QED) is 0.304. The van der Waals surface area contributed by atoms with Crippen molar-refractivity contribution in [3.63, 3.8) is 0 Å². The molecular formula is C21H20N8O4. The highest BCUT2D eigenvalue weighted by atomic mass is 16.6. The van der Waals surface area contributed by atoms with Gasteiger partial charge in [0.15, 0.2) is 5.69 Å². The van der Waals surface area contributed by atoms with Crippen molar-refractivity contribution < 1.29 is 18.9 Å². The molecule has 0 bridgehead atoms. The third-order valence-electron chi connectivity index (χ3n) is 4.52. The van der Waals surface area contributed by atoms with Crippen molar-refractivity contribution in [3.05, 3.63) is 59.8 Å². The maximum atomic E-state index is 12.9. The maximum absolute atomic E-state index is 12.9. The summed E-state index contributed by atoms with van der Waals surface area (Å²) in [4.78, 5) is 12.9. The minimum atomic E-state index is -0.579. The topological polar surface area (TPSA) is 156 Å². The Balaban J connectivity index is 1.64. The number of rotatable bonds is 8. The fourth-order valence-electron chi connectivity index (χ4n) is 2.96. The molecule has 2 heterocycles. The molecule has 168 valence electrons. The van der Waals surface area contributed by atoms with Gasteiger partial charge in [-0.3, -0.25) is 4.79 Å². The number of nitrogens with one attached hydrogen (secondary N) is 1. The molecule has 0 saturated carbocycles. The number of hydrazone groups is 1. The first-order valence-electron chi connectivity index (χ1n) is 9.85. The van der Waals surface area contributed by atoms with E-state index in [-0.39, 0.29) is 17.3 Å². The summed E-state index contributed by atoms with van der Waals surface area (Å²) in [5.74, 6) is 0.918. The van der Waals surface area contributed by atoms with Gasteiger partial charge in [-0.05, 0) is 71.3 Å². The number of carbonyl (C=O) groups excluding carboxylic acids is 1. The van der Waals surface area contributed by atoms with E-state index in [4.69, 9.17) is 15.2 Å². The van der Waals surface area contributed by atoms with Gasteiger partial charge in [-0.25, -0.2) is 10.1 Å². The van der Waals surface area contributed by atoms with Crippen molar-refractivity contribution in [3.8, 4) is 28.6 Å². The van der Waals surface area contributed by atoms with Gasteiger partial charge < -0.3 is 15.2 Å². The molecule has 0 atom stereocenters. The monoisotopic (exact) mass is 448 g/mol. The number of nitrogen functional groups attached to an aromatic ring is 1. The van der Waals surface area contributed by atoms with Gasteiger partial charge in [0.1, 0.15) is 17.2 Å². The number of hydrogen-bond acceptors (Lipinski definition) is 10. The molecule has 0 fully saturated rings. The van der Waals surface area contributed by atoms with Crippen LogP contribution in [0.1, 0.15) is 23.0 Å². The van der Waals surface area contributed by atoms with Crippen molar-refractivity contribution in [2.75, 3.05) is 19.5 Å². The summed E-state index contributed by atoms with van der Waals surface area (Å²) in [5.41, 5.74) is 10.0. The molecule has 4 rings (SSSR count). The van der Waals surface area contributed by atoms with Crippen LogP contribution in [0.3, 0.4) is 0 Å². The van der Waals surface area contributed by atoms with Gasteiger partial charge in [-0.1, -0.05) is 5.21 Å². The average molecular weight is 448 g/mol. The zero-order valence-corrected chi connectivity index (χ0v) is 17.8. The first kappa shape index (κ1) is 21.5. The molecule has 0 aliphatic carbocycles. The number of ether oxygens (including phenoxy) is 2. The van der Waals surface area contributed by atoms with Gasteiger partial charge >= 0.3 is 0 Å². The van der Waals surface area contributed by atoms with E-state index in [1.807, 2.05) is 6.92 Å². The number of amides is 1. The largest absolute Gasteiger partial charge is 0.497 e. The first-order valence-corrected chi connectivity index (χ1v) is 9.85. The Kier molecular flexibility index (Phi) is 6.25. The highest BCUT2D eigenvalue weighted by Gasteiger charge is 2.25. The van der Waals surface area contributed by atoms with Gasteiger partial charge in [-0.2, -0.15) is 9.78 Å². The van der Waals surface area contributed by atoms with E-state index in [2.05, 4.69) is 35.8 Å². The number of hydrogen-bond donors (Lipinski definition) is 2. The predicted octanol–water partition coefficient (Wildman–Crippen LogP) is 2.07. The van der Waals surface area contributed by atoms with Gasteiger partial charge in [0.25, 0.3) is 5.91 Å². The molecule has 0 radical (unpaired) electrons. The van der Waals surface area contributed by atoms with E-state index in [0.717, 1.165) is 11.3 Å². The number of methoxy groups -OCH3 is 1. The van der Waals surface area contributed by atoms with Crippen LogP contribution in [-0.2, 0) is 0 Å². The Bertz CT molecular complexity index is 1260. The molecule has 2 aromatic carbocycles. The standard InChI is InChI=1S/C21H20N8O4/c1-3-32-16-10-6-14(7-11-16)18-17(24-28-29(18)20-19(22)26-33-27-20)21(30)25-23-12-13-4-8-15(31-2)9-5-13/h4-12H,3H2,1-2H3,(H2,22,26)(H,25,30)/b23-12-. The fraction of sp³-hybridized carbons (Fsp3) is 0.143. The summed E-state index contributed by atoms with van der Waals surface area (Å²) in [7, 11) is 1.58. The molecule has 0 spiro atoms. The second-order valence-corrected chi connectivity index (χ2v) is 6.60. The fourth-order valence-corrected chi connectivity index (χ4v) is 2.96. The third kappa shape index (κ3) is 4.63. The van der Waals surface area contributed by atoms with Crippen molar-refractivity contribution in [1.29, 1.82) is 0 Å². The van der Waals surface area contributed by atoms with Crippen LogP contribution in [0.2, 0.25) is 0 Å². The van der Waals surface area contributed by atoms with Gasteiger partial charge in [-0.15, -0.1) is 5.10 Å². The Morgan fingerprint density at radius 2 is 1.88 bits per heavy atom. The number of anilines is 1. The average Bonchev–Trinajstić information content (AvgIpc) is 3.46. The lowest BCUT2D eigenvalue weighted by molar-refractivity contribution is 0.0950. The van der Waals surface area contributed by atoms with Gasteiger partial charge in [0.05, 0.1) is 19.9 Å². The Hall–Kier alpha value is -4.74. The van der Waals surface area contributed by atoms with E-state index < -0.39 is 5.91 Å². The number of benzene rings is 2. The maximum Gasteiger partial charge on any atom is 0.294 e. The van der Waals surface area contributed by atoms with Crippen LogP contribution in [0.5, 0.6) is 11.5 Å². The summed E-state index contributed by atoms with van der Waals surface area (Å²) in [6.07, 6.45) is 1.50. The minimum Gasteiger partial charge on any atom is -0.497 e. The van der Waals surface area contributed by atoms with Crippen LogP contribution in [0.4, 0.5) is 5.82 Å². The molecule has 12 heteroatoms. The molecular weight excluding hydrogens is 428 g/mol. The highest BCUT2D eigenvalue weighted by Crippen LogP contribution is 2.28. The van der Waals surface area contributed by atoms with Crippen LogP contribution in [0.25, 0.3) is 17.1 Å². The van der Waals surface area contributed by atoms with Crippen LogP contribution in [0.15, 0.2) is 58.3 Å². The second kappa shape index (κ2) is 9.60. The van der Waals surface area contributed by atoms with Crippen LogP contribution >= 0.6 is 0 Å². The summed E-state index contributed by atoms with van der Waals surface area (Å²) in [6, 6.07) is 14.2. The summed E-state index contributed by atoms with van der Waals surface area (Å²) < 4.78 is 16.6. The Morgan fingerprint density at radius 1 is 1.15 bits per heavy atom. The molecule has 0 aliphatic heterocycles. The zero-order valence-electron chi connectivity index (χ0n) is 17.8. The SMILES string of the molecule is CCOc1ccc(-c2c(C(=O)N/N=C\c3ccc(OC)cc3)nnn2-c2nonc2N)cc1.